The third-order valence-electron chi connectivity index (χ3n) is 5.02. The molecular weight excluding hydrogens is 383 g/mol. The van der Waals surface area contributed by atoms with Crippen molar-refractivity contribution in [2.45, 2.75) is 19.3 Å². The van der Waals surface area contributed by atoms with E-state index in [1.165, 1.54) is 12.1 Å². The van der Waals surface area contributed by atoms with Crippen molar-refractivity contribution >= 4 is 22.7 Å². The highest BCUT2D eigenvalue weighted by Crippen LogP contribution is 2.25. The van der Waals surface area contributed by atoms with Gasteiger partial charge in [0, 0.05) is 17.5 Å². The third-order valence-corrected chi connectivity index (χ3v) is 5.02. The number of hydrogen-bond acceptors (Lipinski definition) is 6. The van der Waals surface area contributed by atoms with Crippen LogP contribution in [0.2, 0.25) is 0 Å². The molecule has 0 spiro atoms. The van der Waals surface area contributed by atoms with E-state index in [-0.39, 0.29) is 22.7 Å². The van der Waals surface area contributed by atoms with Gasteiger partial charge in [-0.2, -0.15) is 0 Å². The maximum absolute atomic E-state index is 13.2. The van der Waals surface area contributed by atoms with Gasteiger partial charge >= 0.3 is 0 Å². The summed E-state index contributed by atoms with van der Waals surface area (Å²) in [6, 6.07) is 15.4. The second kappa shape index (κ2) is 7.55. The Morgan fingerprint density at radius 3 is 2.53 bits per heavy atom. The van der Waals surface area contributed by atoms with Crippen LogP contribution in [0.3, 0.4) is 0 Å². The average Bonchev–Trinajstić information content (AvgIpc) is 2.72. The Kier molecular flexibility index (Phi) is 4.91. The number of nitrogens with two attached hydrogens (primary N) is 1. The number of aromatic amines is 1. The van der Waals surface area contributed by atoms with E-state index >= 15 is 0 Å². The molecule has 0 unspecified atom stereocenters. The number of nitrogens with one attached hydrogen (secondary N) is 2. The van der Waals surface area contributed by atoms with Crippen LogP contribution in [-0.2, 0) is 5.41 Å². The second-order valence-corrected chi connectivity index (χ2v) is 7.73. The van der Waals surface area contributed by atoms with Crippen molar-refractivity contribution in [3.8, 4) is 11.3 Å². The molecular formula is C22H21FN6O. The molecule has 0 atom stereocenters. The number of hydrogen-bond donors (Lipinski definition) is 3. The van der Waals surface area contributed by atoms with Gasteiger partial charge in [0.2, 0.25) is 5.95 Å². The lowest BCUT2D eigenvalue weighted by Crippen LogP contribution is -2.28. The van der Waals surface area contributed by atoms with E-state index in [1.807, 2.05) is 12.1 Å². The van der Waals surface area contributed by atoms with Crippen molar-refractivity contribution < 1.29 is 4.39 Å². The first kappa shape index (κ1) is 19.5. The lowest BCUT2D eigenvalue weighted by molar-refractivity contribution is 0.552. The van der Waals surface area contributed by atoms with Gasteiger partial charge in [0.1, 0.15) is 11.6 Å². The van der Waals surface area contributed by atoms with Crippen LogP contribution in [0.5, 0.6) is 0 Å². The van der Waals surface area contributed by atoms with E-state index in [0.29, 0.717) is 29.0 Å². The van der Waals surface area contributed by atoms with Crippen LogP contribution in [0.4, 0.5) is 16.2 Å². The zero-order chi connectivity index (χ0) is 21.3. The molecule has 4 N–H and O–H groups in total. The van der Waals surface area contributed by atoms with Gasteiger partial charge in [0.25, 0.3) is 5.56 Å². The number of rotatable bonds is 5. The predicted molar refractivity (Wildman–Crippen MR) is 116 cm³/mol. The molecule has 152 valence electrons. The minimum Gasteiger partial charge on any atom is -0.369 e. The summed E-state index contributed by atoms with van der Waals surface area (Å²) in [5.41, 5.74) is 8.10. The zero-order valence-corrected chi connectivity index (χ0v) is 16.6. The largest absolute Gasteiger partial charge is 0.369 e. The SMILES string of the molecule is CC(C)(CNc1ccc(-c2ccc3c(=O)[nH]c(N)nc3c2)nn1)c1ccc(F)cc1. The molecule has 0 aliphatic rings. The van der Waals surface area contributed by atoms with Gasteiger partial charge in [-0.15, -0.1) is 10.2 Å². The molecule has 0 saturated carbocycles. The van der Waals surface area contributed by atoms with E-state index < -0.39 is 0 Å². The first-order chi connectivity index (χ1) is 14.3. The van der Waals surface area contributed by atoms with E-state index in [0.717, 1.165) is 11.1 Å². The fraction of sp³-hybridized carbons (Fsp3) is 0.182. The van der Waals surface area contributed by atoms with E-state index in [9.17, 15) is 9.18 Å². The summed E-state index contributed by atoms with van der Waals surface area (Å²) in [5.74, 6) is 0.452. The first-order valence-corrected chi connectivity index (χ1v) is 9.45. The summed E-state index contributed by atoms with van der Waals surface area (Å²) in [6.07, 6.45) is 0. The summed E-state index contributed by atoms with van der Waals surface area (Å²) in [5, 5.41) is 12.3. The van der Waals surface area contributed by atoms with Gasteiger partial charge in [0.15, 0.2) is 0 Å². The van der Waals surface area contributed by atoms with E-state index in [4.69, 9.17) is 5.73 Å². The van der Waals surface area contributed by atoms with Gasteiger partial charge in [-0.05, 0) is 42.0 Å². The highest BCUT2D eigenvalue weighted by atomic mass is 19.1. The quantitative estimate of drug-likeness (QED) is 0.470. The third kappa shape index (κ3) is 3.98. The van der Waals surface area contributed by atoms with Crippen molar-refractivity contribution in [1.29, 1.82) is 0 Å². The Balaban J connectivity index is 1.51. The number of anilines is 2. The predicted octanol–water partition coefficient (Wildman–Crippen LogP) is 3.49. The van der Waals surface area contributed by atoms with E-state index in [1.54, 1.807) is 30.3 Å². The summed E-state index contributed by atoms with van der Waals surface area (Å²) in [7, 11) is 0. The number of halogens is 1. The minimum absolute atomic E-state index is 0.0686. The highest BCUT2D eigenvalue weighted by molar-refractivity contribution is 5.83. The fourth-order valence-corrected chi connectivity index (χ4v) is 3.21. The molecule has 2 aromatic heterocycles. The fourth-order valence-electron chi connectivity index (χ4n) is 3.21. The molecule has 0 radical (unpaired) electrons. The summed E-state index contributed by atoms with van der Waals surface area (Å²) < 4.78 is 13.2. The van der Waals surface area contributed by atoms with Crippen LogP contribution in [-0.4, -0.2) is 26.7 Å². The normalized spacial score (nSPS) is 11.6. The topological polar surface area (TPSA) is 110 Å². The maximum Gasteiger partial charge on any atom is 0.260 e. The van der Waals surface area contributed by atoms with Crippen molar-refractivity contribution in [2.24, 2.45) is 0 Å². The lowest BCUT2D eigenvalue weighted by Gasteiger charge is -2.25. The molecule has 0 amide bonds. The average molecular weight is 404 g/mol. The molecule has 0 aliphatic carbocycles. The number of aromatic nitrogens is 4. The van der Waals surface area contributed by atoms with Gasteiger partial charge in [-0.3, -0.25) is 9.78 Å². The molecule has 4 aromatic rings. The van der Waals surface area contributed by atoms with Crippen LogP contribution < -0.4 is 16.6 Å². The summed E-state index contributed by atoms with van der Waals surface area (Å²) >= 11 is 0. The smallest absolute Gasteiger partial charge is 0.260 e. The molecule has 0 saturated heterocycles. The number of H-pyrrole nitrogens is 1. The van der Waals surface area contributed by atoms with Crippen molar-refractivity contribution in [3.05, 3.63) is 76.3 Å². The van der Waals surface area contributed by atoms with Crippen molar-refractivity contribution in [3.63, 3.8) is 0 Å². The van der Waals surface area contributed by atoms with Gasteiger partial charge in [0.05, 0.1) is 16.6 Å². The molecule has 0 fully saturated rings. The number of benzene rings is 2. The Hall–Kier alpha value is -3.81. The van der Waals surface area contributed by atoms with Crippen LogP contribution in [0.15, 0.2) is 59.4 Å². The molecule has 0 bridgehead atoms. The highest BCUT2D eigenvalue weighted by Gasteiger charge is 2.20. The second-order valence-electron chi connectivity index (χ2n) is 7.73. The van der Waals surface area contributed by atoms with Crippen molar-refractivity contribution in [1.82, 2.24) is 20.2 Å². The Morgan fingerprint density at radius 2 is 1.83 bits per heavy atom. The van der Waals surface area contributed by atoms with Gasteiger partial charge in [-0.25, -0.2) is 9.37 Å². The standard InChI is InChI=1S/C22H21FN6O/c1-22(2,14-4-6-15(23)7-5-14)12-25-19-10-9-17(28-29-19)13-3-8-16-18(11-13)26-21(24)27-20(16)30/h3-11H,12H2,1-2H3,(H,25,29)(H3,24,26,27,30). The summed E-state index contributed by atoms with van der Waals surface area (Å²) in [6.45, 7) is 4.75. The molecule has 7 nitrogen and oxygen atoms in total. The number of nitrogens with zero attached hydrogens (tertiary/aromatic N) is 3. The molecule has 0 aliphatic heterocycles. The van der Waals surface area contributed by atoms with Gasteiger partial charge in [-0.1, -0.05) is 32.0 Å². The van der Waals surface area contributed by atoms with Gasteiger partial charge < -0.3 is 11.1 Å². The lowest BCUT2D eigenvalue weighted by atomic mass is 9.84. The number of fused-ring (bicyclic) bond motifs is 1. The molecule has 8 heteroatoms. The minimum atomic E-state index is -0.279. The molecule has 2 aromatic carbocycles. The van der Waals surface area contributed by atoms with E-state index in [2.05, 4.69) is 39.3 Å². The Morgan fingerprint density at radius 1 is 1.07 bits per heavy atom. The van der Waals surface area contributed by atoms with Crippen molar-refractivity contribution in [2.75, 3.05) is 17.6 Å². The van der Waals surface area contributed by atoms with Crippen LogP contribution >= 0.6 is 0 Å². The van der Waals surface area contributed by atoms with Crippen LogP contribution in [0.1, 0.15) is 19.4 Å². The zero-order valence-electron chi connectivity index (χ0n) is 16.6. The monoisotopic (exact) mass is 404 g/mol. The molecule has 4 rings (SSSR count). The van der Waals surface area contributed by atoms with Crippen LogP contribution in [0.25, 0.3) is 22.2 Å². The molecule has 2 heterocycles. The summed E-state index contributed by atoms with van der Waals surface area (Å²) in [4.78, 5) is 18.6. The maximum atomic E-state index is 13.2. The number of nitrogen functional groups attached to an aromatic ring is 1. The molecule has 30 heavy (non-hydrogen) atoms. The first-order valence-electron chi connectivity index (χ1n) is 9.45. The Bertz CT molecular complexity index is 1250. The van der Waals surface area contributed by atoms with Crippen LogP contribution in [0, 0.1) is 5.82 Å². The Labute approximate surface area is 172 Å².